The highest BCUT2D eigenvalue weighted by Crippen LogP contribution is 2.41. The number of thiocarbonyl (C=S) groups is 1. The molecule has 1 heterocycles. The van der Waals surface area contributed by atoms with Crippen molar-refractivity contribution >= 4 is 28.9 Å². The van der Waals surface area contributed by atoms with Gasteiger partial charge in [0.15, 0.2) is 5.11 Å². The monoisotopic (exact) mass is 427 g/mol. The Hall–Kier alpha value is -2.68. The topological polar surface area (TPSA) is 99.3 Å². The minimum absolute atomic E-state index is 0.0972. The van der Waals surface area contributed by atoms with E-state index in [1.807, 2.05) is 64.4 Å². The Labute approximate surface area is 180 Å². The molecule has 4 N–H and O–H groups in total. The van der Waals surface area contributed by atoms with Gasteiger partial charge >= 0.3 is 0 Å². The van der Waals surface area contributed by atoms with E-state index in [-0.39, 0.29) is 6.42 Å². The first-order valence-corrected chi connectivity index (χ1v) is 10.3. The summed E-state index contributed by atoms with van der Waals surface area (Å²) in [6.07, 6.45) is -2.02. The van der Waals surface area contributed by atoms with Crippen LogP contribution in [-0.4, -0.2) is 57.5 Å². The maximum absolute atomic E-state index is 12.3. The number of benzene rings is 2. The molecule has 2 aliphatic rings. The van der Waals surface area contributed by atoms with Gasteiger partial charge in [-0.15, -0.1) is 0 Å². The Kier molecular flexibility index (Phi) is 5.64. The summed E-state index contributed by atoms with van der Waals surface area (Å²) in [7, 11) is 1.61. The van der Waals surface area contributed by atoms with E-state index >= 15 is 0 Å². The third-order valence-corrected chi connectivity index (χ3v) is 6.45. The lowest BCUT2D eigenvalue weighted by Gasteiger charge is -2.42. The molecule has 0 radical (unpaired) electrons. The molecule has 2 fully saturated rings. The lowest BCUT2D eigenvalue weighted by Crippen LogP contribution is -2.60. The molecule has 158 valence electrons. The number of para-hydroxylation sites is 1. The lowest BCUT2D eigenvalue weighted by atomic mass is 9.76. The van der Waals surface area contributed by atoms with Crippen LogP contribution in [0.25, 0.3) is 0 Å². The minimum Gasteiger partial charge on any atom is -0.497 e. The third-order valence-electron chi connectivity index (χ3n) is 6.02. The van der Waals surface area contributed by atoms with Gasteiger partial charge in [-0.05, 0) is 48.5 Å². The Morgan fingerprint density at radius 3 is 2.40 bits per heavy atom. The summed E-state index contributed by atoms with van der Waals surface area (Å²) in [5.74, 6) is -0.410. The van der Waals surface area contributed by atoms with Gasteiger partial charge in [-0.3, -0.25) is 4.79 Å². The highest BCUT2D eigenvalue weighted by molar-refractivity contribution is 7.80. The second-order valence-corrected chi connectivity index (χ2v) is 8.11. The predicted molar refractivity (Wildman–Crippen MR) is 117 cm³/mol. The zero-order valence-corrected chi connectivity index (χ0v) is 17.4. The first kappa shape index (κ1) is 20.6. The van der Waals surface area contributed by atoms with E-state index in [0.29, 0.717) is 11.7 Å². The normalized spacial score (nSPS) is 28.4. The summed E-state index contributed by atoms with van der Waals surface area (Å²) in [6.45, 7) is 0.419. The molecule has 1 amide bonds. The number of methoxy groups -OCH3 is 1. The van der Waals surface area contributed by atoms with Crippen molar-refractivity contribution in [1.82, 2.24) is 4.90 Å². The molecular formula is C22H25N3O4S. The number of hydrogen-bond acceptors (Lipinski definition) is 5. The number of nitrogens with two attached hydrogens (primary N) is 1. The van der Waals surface area contributed by atoms with E-state index < -0.39 is 36.1 Å². The average molecular weight is 428 g/mol. The van der Waals surface area contributed by atoms with Crippen molar-refractivity contribution in [1.29, 1.82) is 0 Å². The van der Waals surface area contributed by atoms with Crippen LogP contribution in [-0.2, 0) is 11.3 Å². The molecule has 1 aliphatic carbocycles. The van der Waals surface area contributed by atoms with Crippen LogP contribution >= 0.6 is 12.2 Å². The van der Waals surface area contributed by atoms with Crippen molar-refractivity contribution in [2.24, 2.45) is 11.7 Å². The first-order chi connectivity index (χ1) is 14.4. The van der Waals surface area contributed by atoms with Crippen LogP contribution in [0.15, 0.2) is 54.6 Å². The van der Waals surface area contributed by atoms with E-state index in [0.717, 1.165) is 17.0 Å². The number of hydrogen-bond donors (Lipinski definition) is 3. The molecule has 8 heteroatoms. The van der Waals surface area contributed by atoms with Gasteiger partial charge in [-0.25, -0.2) is 0 Å². The predicted octanol–water partition coefficient (Wildman–Crippen LogP) is 1.27. The summed E-state index contributed by atoms with van der Waals surface area (Å²) >= 11 is 5.82. The average Bonchev–Trinajstić information content (AvgIpc) is 3.04. The third kappa shape index (κ3) is 3.51. The largest absolute Gasteiger partial charge is 0.497 e. The molecule has 5 unspecified atom stereocenters. The van der Waals surface area contributed by atoms with Gasteiger partial charge in [0.25, 0.3) is 0 Å². The van der Waals surface area contributed by atoms with Gasteiger partial charge in [0, 0.05) is 12.2 Å². The van der Waals surface area contributed by atoms with Crippen molar-refractivity contribution in [2.45, 2.75) is 37.3 Å². The quantitative estimate of drug-likeness (QED) is 0.618. The molecule has 2 aromatic carbocycles. The van der Waals surface area contributed by atoms with Gasteiger partial charge in [-0.1, -0.05) is 30.3 Å². The van der Waals surface area contributed by atoms with Crippen LogP contribution in [0.5, 0.6) is 5.75 Å². The van der Waals surface area contributed by atoms with E-state index in [1.54, 1.807) is 7.11 Å². The second kappa shape index (κ2) is 8.22. The fourth-order valence-electron chi connectivity index (χ4n) is 4.56. The Balaban J connectivity index is 1.75. The standard InChI is InChI=1S/C22H25N3O4S/c1-29-15-9-7-13(8-10-15)12-24-19-18(16(21(23)28)11-17(26)20(19)27)25(22(24)30)14-5-3-2-4-6-14/h2-10,16-20,26-27H,11-12H2,1H3,(H2,23,28). The highest BCUT2D eigenvalue weighted by Gasteiger charge is 2.56. The number of carbonyl (C=O) groups excluding carboxylic acids is 1. The smallest absolute Gasteiger partial charge is 0.222 e. The zero-order valence-electron chi connectivity index (χ0n) is 16.6. The second-order valence-electron chi connectivity index (χ2n) is 7.75. The Morgan fingerprint density at radius 2 is 1.80 bits per heavy atom. The molecule has 1 saturated heterocycles. The first-order valence-electron chi connectivity index (χ1n) is 9.85. The van der Waals surface area contributed by atoms with Gasteiger partial charge in [-0.2, -0.15) is 0 Å². The number of fused-ring (bicyclic) bond motifs is 1. The van der Waals surface area contributed by atoms with E-state index in [2.05, 4.69) is 0 Å². The molecule has 5 atom stereocenters. The van der Waals surface area contributed by atoms with Crippen molar-refractivity contribution in [3.05, 3.63) is 60.2 Å². The molecule has 30 heavy (non-hydrogen) atoms. The number of primary amides is 1. The number of ether oxygens (including phenoxy) is 1. The molecule has 0 aromatic heterocycles. The van der Waals surface area contributed by atoms with Gasteiger partial charge in [0.05, 0.1) is 31.2 Å². The van der Waals surface area contributed by atoms with Crippen molar-refractivity contribution in [2.75, 3.05) is 12.0 Å². The number of amides is 1. The maximum atomic E-state index is 12.3. The fraction of sp³-hybridized carbons (Fsp3) is 0.364. The Bertz CT molecular complexity index is 924. The van der Waals surface area contributed by atoms with Crippen molar-refractivity contribution < 1.29 is 19.7 Å². The maximum Gasteiger partial charge on any atom is 0.222 e. The zero-order chi connectivity index (χ0) is 21.4. The SMILES string of the molecule is COc1ccc(CN2C(=S)N(c3ccccc3)C3C(C(N)=O)CC(O)C(O)C32)cc1. The summed E-state index contributed by atoms with van der Waals surface area (Å²) < 4.78 is 5.22. The van der Waals surface area contributed by atoms with Gasteiger partial charge in [0.2, 0.25) is 5.91 Å². The number of aliphatic hydroxyl groups is 2. The van der Waals surface area contributed by atoms with Crippen LogP contribution in [0.2, 0.25) is 0 Å². The minimum atomic E-state index is -1.06. The molecular weight excluding hydrogens is 402 g/mol. The molecule has 0 spiro atoms. The Morgan fingerprint density at radius 1 is 1.13 bits per heavy atom. The van der Waals surface area contributed by atoms with Crippen molar-refractivity contribution in [3.8, 4) is 5.75 Å². The van der Waals surface area contributed by atoms with E-state index in [9.17, 15) is 15.0 Å². The number of nitrogens with zero attached hydrogens (tertiary/aromatic N) is 2. The van der Waals surface area contributed by atoms with Gasteiger partial charge in [0.1, 0.15) is 11.9 Å². The molecule has 1 saturated carbocycles. The highest BCUT2D eigenvalue weighted by atomic mass is 32.1. The van der Waals surface area contributed by atoms with Crippen LogP contribution in [0, 0.1) is 5.92 Å². The summed E-state index contributed by atoms with van der Waals surface area (Å²) in [6, 6.07) is 16.1. The van der Waals surface area contributed by atoms with Crippen molar-refractivity contribution in [3.63, 3.8) is 0 Å². The molecule has 7 nitrogen and oxygen atoms in total. The summed E-state index contributed by atoms with van der Waals surface area (Å²) in [5, 5.41) is 21.9. The fourth-order valence-corrected chi connectivity index (χ4v) is 4.97. The molecule has 2 aromatic rings. The summed E-state index contributed by atoms with van der Waals surface area (Å²) in [4.78, 5) is 16.1. The number of carbonyl (C=O) groups is 1. The van der Waals surface area contributed by atoms with Crippen LogP contribution in [0.3, 0.4) is 0 Å². The van der Waals surface area contributed by atoms with E-state index in [4.69, 9.17) is 22.7 Å². The molecule has 1 aliphatic heterocycles. The van der Waals surface area contributed by atoms with Crippen LogP contribution in [0.1, 0.15) is 12.0 Å². The van der Waals surface area contributed by atoms with Crippen LogP contribution in [0.4, 0.5) is 5.69 Å². The van der Waals surface area contributed by atoms with E-state index in [1.165, 1.54) is 0 Å². The summed E-state index contributed by atoms with van der Waals surface area (Å²) in [5.41, 5.74) is 7.50. The number of aliphatic hydroxyl groups excluding tert-OH is 2. The number of anilines is 1. The molecule has 0 bridgehead atoms. The lowest BCUT2D eigenvalue weighted by molar-refractivity contribution is -0.129. The molecule has 4 rings (SSSR count). The number of rotatable bonds is 5. The van der Waals surface area contributed by atoms with Crippen LogP contribution < -0.4 is 15.4 Å². The van der Waals surface area contributed by atoms with Gasteiger partial charge < -0.3 is 30.5 Å².